The molecule has 2 atom stereocenters. The molecule has 2 N–H and O–H groups in total. The Kier molecular flexibility index (Phi) is 5.49. The monoisotopic (exact) mass is 315 g/mol. The van der Waals surface area contributed by atoms with Crippen LogP contribution in [0.4, 0.5) is 4.79 Å². The van der Waals surface area contributed by atoms with Crippen molar-refractivity contribution < 1.29 is 9.53 Å². The van der Waals surface area contributed by atoms with Crippen LogP contribution in [0.1, 0.15) is 32.3 Å². The minimum absolute atomic E-state index is 0.225. The molecule has 0 aliphatic heterocycles. The molecular formula is C15H19Cl2NO2. The van der Waals surface area contributed by atoms with Gasteiger partial charge in [-0.3, -0.25) is 0 Å². The molecule has 0 radical (unpaired) electrons. The summed E-state index contributed by atoms with van der Waals surface area (Å²) in [6, 6.07) is 5.29. The second kappa shape index (κ2) is 6.51. The zero-order chi connectivity index (χ0) is 15.5. The lowest BCUT2D eigenvalue weighted by Gasteiger charge is -2.35. The van der Waals surface area contributed by atoms with Crippen molar-refractivity contribution in [2.24, 2.45) is 11.1 Å². The Labute approximate surface area is 129 Å². The highest BCUT2D eigenvalue weighted by atomic mass is 35.5. The number of carbonyl (C=O) groups excluding carboxylic acids is 1. The van der Waals surface area contributed by atoms with Crippen LogP contribution in [0.25, 0.3) is 0 Å². The van der Waals surface area contributed by atoms with Gasteiger partial charge in [-0.2, -0.15) is 0 Å². The molecule has 0 heterocycles. The number of amides is 1. The summed E-state index contributed by atoms with van der Waals surface area (Å²) in [6.07, 6.45) is 0.463. The Morgan fingerprint density at radius 1 is 1.35 bits per heavy atom. The number of halogens is 2. The van der Waals surface area contributed by atoms with Crippen LogP contribution in [0, 0.1) is 5.41 Å². The summed E-state index contributed by atoms with van der Waals surface area (Å²) in [5.41, 5.74) is 5.74. The molecule has 1 amide bonds. The summed E-state index contributed by atoms with van der Waals surface area (Å²) < 4.78 is 5.28. The molecule has 20 heavy (non-hydrogen) atoms. The molecule has 0 fully saturated rings. The Bertz CT molecular complexity index is 509. The number of ether oxygens (including phenoxy) is 1. The van der Waals surface area contributed by atoms with Crippen LogP contribution < -0.4 is 5.73 Å². The third kappa shape index (κ3) is 4.15. The van der Waals surface area contributed by atoms with Gasteiger partial charge in [-0.1, -0.05) is 56.1 Å². The van der Waals surface area contributed by atoms with E-state index in [2.05, 4.69) is 6.58 Å². The van der Waals surface area contributed by atoms with E-state index < -0.39 is 12.2 Å². The molecule has 2 unspecified atom stereocenters. The fraction of sp³-hybridized carbons (Fsp3) is 0.400. The number of rotatable bonds is 4. The van der Waals surface area contributed by atoms with Crippen LogP contribution in [-0.4, -0.2) is 12.2 Å². The summed E-state index contributed by atoms with van der Waals surface area (Å²) in [6.45, 7) is 9.72. The summed E-state index contributed by atoms with van der Waals surface area (Å²) in [7, 11) is 0. The summed E-state index contributed by atoms with van der Waals surface area (Å²) >= 11 is 12.0. The van der Waals surface area contributed by atoms with Crippen molar-refractivity contribution in [2.45, 2.75) is 32.8 Å². The van der Waals surface area contributed by atoms with E-state index in [1.165, 1.54) is 0 Å². The first-order valence-corrected chi connectivity index (χ1v) is 6.96. The van der Waals surface area contributed by atoms with Crippen LogP contribution in [0.15, 0.2) is 30.9 Å². The molecule has 0 saturated heterocycles. The average molecular weight is 316 g/mol. The number of benzene rings is 1. The van der Waals surface area contributed by atoms with Gasteiger partial charge in [-0.15, -0.1) is 6.58 Å². The Morgan fingerprint density at radius 2 is 1.95 bits per heavy atom. The topological polar surface area (TPSA) is 52.3 Å². The van der Waals surface area contributed by atoms with Gasteiger partial charge in [0.2, 0.25) is 0 Å². The molecule has 0 spiro atoms. The molecule has 1 aromatic carbocycles. The Hall–Kier alpha value is -1.19. The molecule has 5 heteroatoms. The average Bonchev–Trinajstić information content (AvgIpc) is 2.31. The first-order valence-electron chi connectivity index (χ1n) is 6.20. The van der Waals surface area contributed by atoms with Crippen molar-refractivity contribution in [3.05, 3.63) is 46.5 Å². The lowest BCUT2D eigenvalue weighted by atomic mass is 9.78. The van der Waals surface area contributed by atoms with E-state index in [9.17, 15) is 4.79 Å². The molecule has 0 bridgehead atoms. The first kappa shape index (κ1) is 16.9. The maximum Gasteiger partial charge on any atom is 0.404 e. The highest BCUT2D eigenvalue weighted by Gasteiger charge is 2.34. The van der Waals surface area contributed by atoms with Crippen LogP contribution >= 0.6 is 23.2 Å². The lowest BCUT2D eigenvalue weighted by molar-refractivity contribution is 0.0277. The van der Waals surface area contributed by atoms with Crippen molar-refractivity contribution >= 4 is 29.3 Å². The maximum atomic E-state index is 11.1. The Morgan fingerprint density at radius 3 is 2.35 bits per heavy atom. The maximum absolute atomic E-state index is 11.1. The van der Waals surface area contributed by atoms with Crippen molar-refractivity contribution in [1.82, 2.24) is 0 Å². The highest BCUT2D eigenvalue weighted by Crippen LogP contribution is 2.37. The van der Waals surface area contributed by atoms with Gasteiger partial charge in [-0.05, 0) is 23.1 Å². The van der Waals surface area contributed by atoms with Crippen molar-refractivity contribution in [3.8, 4) is 0 Å². The highest BCUT2D eigenvalue weighted by molar-refractivity contribution is 6.42. The van der Waals surface area contributed by atoms with E-state index in [0.717, 1.165) is 5.56 Å². The molecule has 0 aliphatic carbocycles. The van der Waals surface area contributed by atoms with Crippen molar-refractivity contribution in [2.75, 3.05) is 0 Å². The summed E-state index contributed by atoms with van der Waals surface area (Å²) in [4.78, 5) is 11.1. The summed E-state index contributed by atoms with van der Waals surface area (Å²) in [5.74, 6) is -0.225. The second-order valence-electron chi connectivity index (χ2n) is 5.66. The minimum atomic E-state index is -0.808. The quantitative estimate of drug-likeness (QED) is 0.813. The van der Waals surface area contributed by atoms with E-state index in [0.29, 0.717) is 10.0 Å². The van der Waals surface area contributed by atoms with Gasteiger partial charge < -0.3 is 10.5 Å². The summed E-state index contributed by atoms with van der Waals surface area (Å²) in [5, 5.41) is 0.920. The number of hydrogen-bond acceptors (Lipinski definition) is 2. The van der Waals surface area contributed by atoms with Crippen LogP contribution in [0.5, 0.6) is 0 Å². The van der Waals surface area contributed by atoms with Crippen molar-refractivity contribution in [3.63, 3.8) is 0 Å². The van der Waals surface area contributed by atoms with Gasteiger partial charge in [0, 0.05) is 5.92 Å². The van der Waals surface area contributed by atoms with Gasteiger partial charge in [0.25, 0.3) is 0 Å². The van der Waals surface area contributed by atoms with Gasteiger partial charge >= 0.3 is 6.09 Å². The predicted octanol–water partition coefficient (Wildman–Crippen LogP) is 4.77. The van der Waals surface area contributed by atoms with E-state index in [1.807, 2.05) is 26.8 Å². The molecule has 0 aliphatic rings. The standard InChI is InChI=1S/C15H19Cl2NO2/c1-5-10(9-6-7-11(16)12(17)8-9)13(15(2,3)4)20-14(18)19/h5-8,10,13H,1H2,2-4H3,(H2,18,19). The molecular weight excluding hydrogens is 297 g/mol. The molecule has 3 nitrogen and oxygen atoms in total. The minimum Gasteiger partial charge on any atom is -0.445 e. The van der Waals surface area contributed by atoms with E-state index in [1.54, 1.807) is 18.2 Å². The SMILES string of the molecule is C=CC(c1ccc(Cl)c(Cl)c1)C(OC(N)=O)C(C)(C)C. The molecule has 1 aromatic rings. The van der Waals surface area contributed by atoms with E-state index >= 15 is 0 Å². The van der Waals surface area contributed by atoms with Crippen molar-refractivity contribution in [1.29, 1.82) is 0 Å². The number of hydrogen-bond donors (Lipinski definition) is 1. The first-order chi connectivity index (χ1) is 9.16. The molecule has 1 rings (SSSR count). The normalized spacial score (nSPS) is 14.4. The number of nitrogens with two attached hydrogens (primary N) is 1. The van der Waals surface area contributed by atoms with Gasteiger partial charge in [0.05, 0.1) is 10.0 Å². The van der Waals surface area contributed by atoms with Crippen LogP contribution in [-0.2, 0) is 4.74 Å². The van der Waals surface area contributed by atoms with E-state index in [4.69, 9.17) is 33.7 Å². The van der Waals surface area contributed by atoms with E-state index in [-0.39, 0.29) is 11.3 Å². The zero-order valence-corrected chi connectivity index (χ0v) is 13.3. The smallest absolute Gasteiger partial charge is 0.404 e. The fourth-order valence-corrected chi connectivity index (χ4v) is 2.37. The largest absolute Gasteiger partial charge is 0.445 e. The van der Waals surface area contributed by atoms with Gasteiger partial charge in [0.1, 0.15) is 6.10 Å². The second-order valence-corrected chi connectivity index (χ2v) is 6.47. The van der Waals surface area contributed by atoms with Crippen LogP contribution in [0.2, 0.25) is 10.0 Å². The number of carbonyl (C=O) groups is 1. The molecule has 110 valence electrons. The predicted molar refractivity (Wildman–Crippen MR) is 83.3 cm³/mol. The van der Waals surface area contributed by atoms with Gasteiger partial charge in [-0.25, -0.2) is 4.79 Å². The molecule has 0 aromatic heterocycles. The van der Waals surface area contributed by atoms with Gasteiger partial charge in [0.15, 0.2) is 0 Å². The lowest BCUT2D eigenvalue weighted by Crippen LogP contribution is -2.38. The fourth-order valence-electron chi connectivity index (χ4n) is 2.07. The van der Waals surface area contributed by atoms with Crippen LogP contribution in [0.3, 0.4) is 0 Å². The third-order valence-corrected chi connectivity index (χ3v) is 3.74. The number of primary amides is 1. The zero-order valence-electron chi connectivity index (χ0n) is 11.8. The Balaban J connectivity index is 3.22. The third-order valence-electron chi connectivity index (χ3n) is 3.01. The molecule has 0 saturated carbocycles.